The lowest BCUT2D eigenvalue weighted by Crippen LogP contribution is -1.97. The van der Waals surface area contributed by atoms with E-state index in [-0.39, 0.29) is 5.69 Å². The fourth-order valence-electron chi connectivity index (χ4n) is 2.45. The van der Waals surface area contributed by atoms with E-state index in [4.69, 9.17) is 9.73 Å². The van der Waals surface area contributed by atoms with Crippen molar-refractivity contribution < 1.29 is 9.66 Å². The Hall–Kier alpha value is -3.38. The molecule has 0 unspecified atom stereocenters. The van der Waals surface area contributed by atoms with Gasteiger partial charge in [-0.3, -0.25) is 10.1 Å². The molecule has 0 aromatic heterocycles. The van der Waals surface area contributed by atoms with Crippen molar-refractivity contribution in [1.29, 1.82) is 0 Å². The average Bonchev–Trinajstić information content (AvgIpc) is 2.74. The van der Waals surface area contributed by atoms with Crippen molar-refractivity contribution in [1.82, 2.24) is 0 Å². The summed E-state index contributed by atoms with van der Waals surface area (Å²) in [5, 5.41) is 12.8. The van der Waals surface area contributed by atoms with Crippen molar-refractivity contribution in [2.75, 3.05) is 7.11 Å². The number of methoxy groups -OCH3 is 1. The second-order valence-electron chi connectivity index (χ2n) is 5.74. The third-order valence-corrected chi connectivity index (χ3v) is 4.65. The van der Waals surface area contributed by atoms with Crippen LogP contribution in [0.2, 0.25) is 0 Å². The third kappa shape index (κ3) is 5.31. The lowest BCUT2D eigenvalue weighted by molar-refractivity contribution is -0.384. The molecule has 0 amide bonds. The van der Waals surface area contributed by atoms with Gasteiger partial charge in [0.1, 0.15) is 5.75 Å². The van der Waals surface area contributed by atoms with Gasteiger partial charge in [0.15, 0.2) is 0 Å². The number of benzene rings is 3. The summed E-state index contributed by atoms with van der Waals surface area (Å²) in [6.07, 6.45) is 1.90. The van der Waals surface area contributed by atoms with E-state index in [2.05, 4.69) is 0 Å². The number of rotatable bonds is 7. The van der Waals surface area contributed by atoms with Crippen molar-refractivity contribution in [2.24, 2.45) is 4.99 Å². The minimum absolute atomic E-state index is 0.0533. The van der Waals surface area contributed by atoms with Crippen LogP contribution >= 0.6 is 11.8 Å². The van der Waals surface area contributed by atoms with Gasteiger partial charge in [0, 0.05) is 22.6 Å². The molecule has 28 heavy (non-hydrogen) atoms. The van der Waals surface area contributed by atoms with E-state index >= 15 is 0 Å². The van der Waals surface area contributed by atoms with Crippen LogP contribution in [0.4, 0.5) is 11.4 Å². The molecule has 0 aliphatic rings. The van der Waals surface area contributed by atoms with Gasteiger partial charge in [0.2, 0.25) is 0 Å². The molecular formula is C22H18N2O3S. The molecule has 5 nitrogen and oxygen atoms in total. The second kappa shape index (κ2) is 9.53. The summed E-state index contributed by atoms with van der Waals surface area (Å²) in [5.74, 6) is 0.798. The number of hydrogen-bond acceptors (Lipinski definition) is 5. The number of allylic oxidation sites excluding steroid dienone is 1. The van der Waals surface area contributed by atoms with Crippen molar-refractivity contribution in [3.63, 3.8) is 0 Å². The molecule has 0 aliphatic carbocycles. The van der Waals surface area contributed by atoms with E-state index in [1.165, 1.54) is 12.1 Å². The zero-order valence-corrected chi connectivity index (χ0v) is 16.0. The van der Waals surface area contributed by atoms with E-state index < -0.39 is 4.92 Å². The van der Waals surface area contributed by atoms with Gasteiger partial charge in [-0.25, -0.2) is 4.99 Å². The standard InChI is InChI=1S/C22H18N2O3S/c1-27-20-8-5-9-21(16-20)28-15-14-22(23-18-6-3-2-4-7-18)17-10-12-19(13-11-17)24(25)26/h2-16H,1H3. The van der Waals surface area contributed by atoms with Crippen LogP contribution in [-0.4, -0.2) is 17.7 Å². The number of thioether (sulfide) groups is 1. The summed E-state index contributed by atoms with van der Waals surface area (Å²) in [4.78, 5) is 16.2. The van der Waals surface area contributed by atoms with E-state index in [1.807, 2.05) is 66.1 Å². The molecule has 140 valence electrons. The van der Waals surface area contributed by atoms with Gasteiger partial charge in [-0.15, -0.1) is 0 Å². The molecule has 0 N–H and O–H groups in total. The Morgan fingerprint density at radius 3 is 2.46 bits per heavy atom. The number of nitro groups is 1. The van der Waals surface area contributed by atoms with Gasteiger partial charge in [0.25, 0.3) is 5.69 Å². The van der Waals surface area contributed by atoms with Crippen LogP contribution in [-0.2, 0) is 0 Å². The molecule has 0 saturated heterocycles. The molecular weight excluding hydrogens is 372 g/mol. The summed E-state index contributed by atoms with van der Waals surface area (Å²) in [6.45, 7) is 0. The highest BCUT2D eigenvalue weighted by Gasteiger charge is 2.07. The van der Waals surface area contributed by atoms with E-state index in [1.54, 1.807) is 31.0 Å². The van der Waals surface area contributed by atoms with Gasteiger partial charge < -0.3 is 4.74 Å². The molecule has 0 aliphatic heterocycles. The number of para-hydroxylation sites is 1. The molecule has 6 heteroatoms. The molecule has 3 rings (SSSR count). The maximum absolute atomic E-state index is 10.9. The molecule has 3 aromatic rings. The SMILES string of the molecule is COc1cccc(SC=CC(=Nc2ccccc2)c2ccc([N+](=O)[O-])cc2)c1. The quantitative estimate of drug-likeness (QED) is 0.214. The fraction of sp³-hybridized carbons (Fsp3) is 0.0455. The highest BCUT2D eigenvalue weighted by atomic mass is 32.2. The zero-order valence-electron chi connectivity index (χ0n) is 15.2. The first kappa shape index (κ1) is 19.4. The first-order valence-corrected chi connectivity index (χ1v) is 9.39. The Kier molecular flexibility index (Phi) is 6.59. The lowest BCUT2D eigenvalue weighted by atomic mass is 10.1. The molecule has 0 spiro atoms. The Balaban J connectivity index is 1.87. The van der Waals surface area contributed by atoms with Crippen molar-refractivity contribution in [3.8, 4) is 5.75 Å². The number of aliphatic imine (C=N–C) groups is 1. The van der Waals surface area contributed by atoms with Gasteiger partial charge in [-0.2, -0.15) is 0 Å². The molecule has 3 aromatic carbocycles. The van der Waals surface area contributed by atoms with Crippen LogP contribution in [0.1, 0.15) is 5.56 Å². The third-order valence-electron chi connectivity index (χ3n) is 3.85. The predicted molar refractivity (Wildman–Crippen MR) is 114 cm³/mol. The monoisotopic (exact) mass is 390 g/mol. The Morgan fingerprint density at radius 1 is 1.04 bits per heavy atom. The van der Waals surface area contributed by atoms with Crippen LogP contribution in [0.15, 0.2) is 100 Å². The van der Waals surface area contributed by atoms with Crippen LogP contribution in [0.3, 0.4) is 0 Å². The number of non-ortho nitro benzene ring substituents is 1. The van der Waals surface area contributed by atoms with Crippen LogP contribution in [0.5, 0.6) is 5.75 Å². The average molecular weight is 390 g/mol. The van der Waals surface area contributed by atoms with E-state index in [9.17, 15) is 10.1 Å². The van der Waals surface area contributed by atoms with Gasteiger partial charge in [-0.05, 0) is 53.9 Å². The summed E-state index contributed by atoms with van der Waals surface area (Å²) in [6, 6.07) is 23.8. The maximum atomic E-state index is 10.9. The summed E-state index contributed by atoms with van der Waals surface area (Å²) >= 11 is 1.54. The minimum Gasteiger partial charge on any atom is -0.497 e. The number of nitrogens with zero attached hydrogens (tertiary/aromatic N) is 2. The molecule has 0 saturated carbocycles. The summed E-state index contributed by atoms with van der Waals surface area (Å²) in [7, 11) is 1.64. The van der Waals surface area contributed by atoms with Gasteiger partial charge in [-0.1, -0.05) is 36.0 Å². The minimum atomic E-state index is -0.410. The first-order chi connectivity index (χ1) is 13.7. The van der Waals surface area contributed by atoms with Gasteiger partial charge in [0.05, 0.1) is 23.4 Å². The van der Waals surface area contributed by atoms with Crippen LogP contribution in [0.25, 0.3) is 0 Å². The van der Waals surface area contributed by atoms with E-state index in [0.717, 1.165) is 27.6 Å². The molecule has 0 bridgehead atoms. The lowest BCUT2D eigenvalue weighted by Gasteiger charge is -2.04. The Bertz CT molecular complexity index is 1000. The highest BCUT2D eigenvalue weighted by molar-refractivity contribution is 8.02. The molecule has 0 heterocycles. The van der Waals surface area contributed by atoms with Crippen molar-refractivity contribution >= 4 is 28.8 Å². The van der Waals surface area contributed by atoms with Crippen molar-refractivity contribution in [2.45, 2.75) is 4.90 Å². The van der Waals surface area contributed by atoms with Crippen LogP contribution < -0.4 is 4.74 Å². The Morgan fingerprint density at radius 2 is 1.79 bits per heavy atom. The largest absolute Gasteiger partial charge is 0.497 e. The number of ether oxygens (including phenoxy) is 1. The molecule has 0 radical (unpaired) electrons. The maximum Gasteiger partial charge on any atom is 0.269 e. The van der Waals surface area contributed by atoms with Crippen LogP contribution in [0, 0.1) is 10.1 Å². The zero-order chi connectivity index (χ0) is 19.8. The molecule has 0 atom stereocenters. The first-order valence-electron chi connectivity index (χ1n) is 8.51. The smallest absolute Gasteiger partial charge is 0.269 e. The second-order valence-corrected chi connectivity index (χ2v) is 6.72. The topological polar surface area (TPSA) is 64.7 Å². The Labute approximate surface area is 167 Å². The van der Waals surface area contributed by atoms with Crippen molar-refractivity contribution in [3.05, 3.63) is 106 Å². The number of hydrogen-bond donors (Lipinski definition) is 0. The highest BCUT2D eigenvalue weighted by Crippen LogP contribution is 2.24. The summed E-state index contributed by atoms with van der Waals surface area (Å²) in [5.41, 5.74) is 2.39. The normalized spacial score (nSPS) is 11.5. The molecule has 0 fully saturated rings. The van der Waals surface area contributed by atoms with E-state index in [0.29, 0.717) is 0 Å². The van der Waals surface area contributed by atoms with Gasteiger partial charge >= 0.3 is 0 Å². The number of nitro benzene ring substituents is 1. The summed E-state index contributed by atoms with van der Waals surface area (Å²) < 4.78 is 5.24. The predicted octanol–water partition coefficient (Wildman–Crippen LogP) is 6.03. The fourth-order valence-corrected chi connectivity index (χ4v) is 3.14.